The number of aryl methyl sites for hydroxylation is 1. The number of hydrogen-bond acceptors (Lipinski definition) is 2. The molecule has 21 heavy (non-hydrogen) atoms. The van der Waals surface area contributed by atoms with Crippen LogP contribution >= 0.6 is 0 Å². The van der Waals surface area contributed by atoms with Crippen molar-refractivity contribution in [1.29, 1.82) is 0 Å². The molecule has 0 aromatic heterocycles. The summed E-state index contributed by atoms with van der Waals surface area (Å²) >= 11 is 0. The van der Waals surface area contributed by atoms with E-state index in [1.54, 1.807) is 0 Å². The van der Waals surface area contributed by atoms with Crippen molar-refractivity contribution in [2.24, 2.45) is 5.92 Å². The van der Waals surface area contributed by atoms with Crippen molar-refractivity contribution in [3.05, 3.63) is 29.3 Å². The van der Waals surface area contributed by atoms with E-state index in [9.17, 15) is 0 Å². The lowest BCUT2D eigenvalue weighted by molar-refractivity contribution is 0.424. The highest BCUT2D eigenvalue weighted by Crippen LogP contribution is 2.24. The molecule has 0 aliphatic rings. The van der Waals surface area contributed by atoms with E-state index in [-0.39, 0.29) is 5.54 Å². The van der Waals surface area contributed by atoms with Gasteiger partial charge in [-0.1, -0.05) is 38.0 Å². The molecule has 1 aromatic carbocycles. The molecule has 1 rings (SSSR count). The lowest BCUT2D eigenvalue weighted by atomic mass is 10.0. The lowest BCUT2D eigenvalue weighted by Crippen LogP contribution is -2.36. The van der Waals surface area contributed by atoms with Gasteiger partial charge in [-0.05, 0) is 52.2 Å². The maximum Gasteiger partial charge on any atom is 0.0412 e. The van der Waals surface area contributed by atoms with Crippen molar-refractivity contribution >= 4 is 5.69 Å². The van der Waals surface area contributed by atoms with Crippen molar-refractivity contribution < 1.29 is 0 Å². The van der Waals surface area contributed by atoms with Crippen LogP contribution in [0, 0.1) is 12.8 Å². The third-order valence-corrected chi connectivity index (χ3v) is 4.00. The molecule has 0 bridgehead atoms. The molecule has 1 atom stereocenters. The van der Waals surface area contributed by atoms with Gasteiger partial charge in [-0.15, -0.1) is 0 Å². The second-order valence-electron chi connectivity index (χ2n) is 7.29. The van der Waals surface area contributed by atoms with Gasteiger partial charge in [0.05, 0.1) is 0 Å². The maximum atomic E-state index is 3.63. The Hall–Kier alpha value is -1.02. The second kappa shape index (κ2) is 7.84. The van der Waals surface area contributed by atoms with Crippen LogP contribution in [0.5, 0.6) is 0 Å². The van der Waals surface area contributed by atoms with E-state index in [0.29, 0.717) is 0 Å². The zero-order chi connectivity index (χ0) is 16.0. The van der Waals surface area contributed by atoms with Crippen LogP contribution in [0.2, 0.25) is 0 Å². The van der Waals surface area contributed by atoms with Crippen LogP contribution in [-0.2, 0) is 6.54 Å². The molecule has 0 saturated carbocycles. The average Bonchev–Trinajstić information content (AvgIpc) is 2.42. The van der Waals surface area contributed by atoms with Gasteiger partial charge in [0.2, 0.25) is 0 Å². The molecule has 1 unspecified atom stereocenters. The first-order valence-corrected chi connectivity index (χ1v) is 8.36. The number of anilines is 1. The van der Waals surface area contributed by atoms with Crippen molar-refractivity contribution in [3.8, 4) is 0 Å². The first-order valence-electron chi connectivity index (χ1n) is 8.36. The van der Waals surface area contributed by atoms with E-state index in [4.69, 9.17) is 0 Å². The minimum atomic E-state index is 0.148. The molecular formula is C19H34N2. The van der Waals surface area contributed by atoms with Gasteiger partial charge < -0.3 is 10.2 Å². The van der Waals surface area contributed by atoms with E-state index in [2.05, 4.69) is 76.9 Å². The lowest BCUT2D eigenvalue weighted by Gasteiger charge is -2.30. The minimum Gasteiger partial charge on any atom is -0.371 e. The Morgan fingerprint density at radius 3 is 2.38 bits per heavy atom. The third kappa shape index (κ3) is 6.09. The molecule has 1 aromatic rings. The molecule has 0 aliphatic heterocycles. The van der Waals surface area contributed by atoms with E-state index < -0.39 is 0 Å². The van der Waals surface area contributed by atoms with Crippen molar-refractivity contribution in [2.45, 2.75) is 67.0 Å². The summed E-state index contributed by atoms with van der Waals surface area (Å²) in [6.07, 6.45) is 1.23. The van der Waals surface area contributed by atoms with E-state index in [1.165, 1.54) is 23.2 Å². The first-order chi connectivity index (χ1) is 9.76. The number of benzene rings is 1. The summed E-state index contributed by atoms with van der Waals surface area (Å²) in [5, 5.41) is 3.63. The highest BCUT2D eigenvalue weighted by Gasteiger charge is 2.15. The van der Waals surface area contributed by atoms with Gasteiger partial charge in [0, 0.05) is 30.9 Å². The second-order valence-corrected chi connectivity index (χ2v) is 7.29. The summed E-state index contributed by atoms with van der Waals surface area (Å²) in [6.45, 7) is 18.8. The predicted molar refractivity (Wildman–Crippen MR) is 95.1 cm³/mol. The fraction of sp³-hybridized carbons (Fsp3) is 0.684. The quantitative estimate of drug-likeness (QED) is 0.779. The van der Waals surface area contributed by atoms with Gasteiger partial charge in [0.15, 0.2) is 0 Å². The van der Waals surface area contributed by atoms with Crippen molar-refractivity contribution in [1.82, 2.24) is 5.32 Å². The van der Waals surface area contributed by atoms with Crippen molar-refractivity contribution in [2.75, 3.05) is 18.0 Å². The summed E-state index contributed by atoms with van der Waals surface area (Å²) < 4.78 is 0. The monoisotopic (exact) mass is 290 g/mol. The molecule has 0 fully saturated rings. The van der Waals surface area contributed by atoms with Crippen LogP contribution in [0.3, 0.4) is 0 Å². The van der Waals surface area contributed by atoms with Gasteiger partial charge in [0.25, 0.3) is 0 Å². The number of nitrogens with zero attached hydrogens (tertiary/aromatic N) is 1. The highest BCUT2D eigenvalue weighted by molar-refractivity contribution is 5.55. The number of rotatable bonds is 7. The van der Waals surface area contributed by atoms with Gasteiger partial charge in [-0.2, -0.15) is 0 Å². The number of nitrogens with one attached hydrogen (secondary N) is 1. The Labute approximate surface area is 131 Å². The summed E-state index contributed by atoms with van der Waals surface area (Å²) in [4.78, 5) is 2.52. The zero-order valence-corrected chi connectivity index (χ0v) is 15.1. The Morgan fingerprint density at radius 1 is 1.19 bits per heavy atom. The Kier molecular flexibility index (Phi) is 6.73. The van der Waals surface area contributed by atoms with Gasteiger partial charge in [-0.25, -0.2) is 0 Å². The fourth-order valence-corrected chi connectivity index (χ4v) is 2.43. The Morgan fingerprint density at radius 2 is 1.86 bits per heavy atom. The summed E-state index contributed by atoms with van der Waals surface area (Å²) in [5.41, 5.74) is 4.29. The van der Waals surface area contributed by atoms with Crippen LogP contribution in [0.1, 0.15) is 59.1 Å². The smallest absolute Gasteiger partial charge is 0.0412 e. The highest BCUT2D eigenvalue weighted by atomic mass is 15.1. The molecule has 0 aliphatic carbocycles. The topological polar surface area (TPSA) is 15.3 Å². The van der Waals surface area contributed by atoms with Crippen LogP contribution in [-0.4, -0.2) is 18.6 Å². The molecule has 1 N–H and O–H groups in total. The Bertz CT molecular complexity index is 432. The summed E-state index contributed by atoms with van der Waals surface area (Å²) in [5.74, 6) is 0.731. The van der Waals surface area contributed by atoms with E-state index >= 15 is 0 Å². The molecule has 0 spiro atoms. The van der Waals surface area contributed by atoms with Crippen LogP contribution in [0.4, 0.5) is 5.69 Å². The molecule has 0 heterocycles. The minimum absolute atomic E-state index is 0.148. The molecule has 120 valence electrons. The standard InChI is InChI=1S/C19H34N2/c1-8-15(3)14-21(9-2)18-11-10-16(4)12-17(18)13-20-19(5,6)7/h10-12,15,20H,8-9,13-14H2,1-7H3. The van der Waals surface area contributed by atoms with Crippen LogP contribution in [0.15, 0.2) is 18.2 Å². The zero-order valence-electron chi connectivity index (χ0n) is 15.1. The number of hydrogen-bond donors (Lipinski definition) is 1. The predicted octanol–water partition coefficient (Wildman–Crippen LogP) is 4.76. The van der Waals surface area contributed by atoms with Crippen LogP contribution in [0.25, 0.3) is 0 Å². The molecule has 0 radical (unpaired) electrons. The largest absolute Gasteiger partial charge is 0.371 e. The van der Waals surface area contributed by atoms with E-state index in [1.807, 2.05) is 0 Å². The SMILES string of the molecule is CCC(C)CN(CC)c1ccc(C)cc1CNC(C)(C)C. The summed E-state index contributed by atoms with van der Waals surface area (Å²) in [7, 11) is 0. The van der Waals surface area contributed by atoms with E-state index in [0.717, 1.165) is 25.6 Å². The Balaban J connectivity index is 2.98. The molecule has 0 amide bonds. The fourth-order valence-electron chi connectivity index (χ4n) is 2.43. The molecule has 2 nitrogen and oxygen atoms in total. The van der Waals surface area contributed by atoms with Crippen molar-refractivity contribution in [3.63, 3.8) is 0 Å². The summed E-state index contributed by atoms with van der Waals surface area (Å²) in [6, 6.07) is 6.85. The van der Waals surface area contributed by atoms with Crippen LogP contribution < -0.4 is 10.2 Å². The third-order valence-electron chi connectivity index (χ3n) is 4.00. The molecular weight excluding hydrogens is 256 g/mol. The van der Waals surface area contributed by atoms with Gasteiger partial charge in [0.1, 0.15) is 0 Å². The average molecular weight is 290 g/mol. The first kappa shape index (κ1) is 18.0. The maximum absolute atomic E-state index is 3.63. The molecule has 2 heteroatoms. The molecule has 0 saturated heterocycles. The normalized spacial score (nSPS) is 13.3. The van der Waals surface area contributed by atoms with Gasteiger partial charge >= 0.3 is 0 Å². The van der Waals surface area contributed by atoms with Gasteiger partial charge in [-0.3, -0.25) is 0 Å².